The Bertz CT molecular complexity index is 339. The maximum absolute atomic E-state index is 11.8. The average molecular weight is 204 g/mol. The molecule has 1 aliphatic rings. The first-order valence-corrected chi connectivity index (χ1v) is 5.49. The molecule has 1 fully saturated rings. The molecule has 0 spiro atoms. The quantitative estimate of drug-likeness (QED) is 0.801. The first-order valence-electron chi connectivity index (χ1n) is 5.49. The number of nitrogens with zero attached hydrogens (tertiary/aromatic N) is 1. The highest BCUT2D eigenvalue weighted by atomic mass is 16.1. The van der Waals surface area contributed by atoms with Gasteiger partial charge in [0.25, 0.3) is 5.91 Å². The van der Waals surface area contributed by atoms with Gasteiger partial charge in [-0.3, -0.25) is 9.78 Å². The average Bonchev–Trinajstić information content (AvgIpc) is 2.71. The minimum Gasteiger partial charge on any atom is -0.349 e. The molecule has 0 saturated heterocycles. The third-order valence-electron chi connectivity index (χ3n) is 2.86. The fourth-order valence-corrected chi connectivity index (χ4v) is 1.94. The molecule has 3 heteroatoms. The van der Waals surface area contributed by atoms with Gasteiger partial charge in [0.15, 0.2) is 0 Å². The maximum atomic E-state index is 11.8. The summed E-state index contributed by atoms with van der Waals surface area (Å²) < 4.78 is 0. The van der Waals surface area contributed by atoms with E-state index in [1.807, 2.05) is 19.1 Å². The van der Waals surface area contributed by atoms with Gasteiger partial charge in [-0.15, -0.1) is 0 Å². The van der Waals surface area contributed by atoms with E-state index in [-0.39, 0.29) is 5.91 Å². The van der Waals surface area contributed by atoms with Gasteiger partial charge in [-0.2, -0.15) is 0 Å². The molecular formula is C12H16N2O. The van der Waals surface area contributed by atoms with Crippen LogP contribution in [0.5, 0.6) is 0 Å². The molecule has 1 saturated carbocycles. The van der Waals surface area contributed by atoms with Gasteiger partial charge in [0, 0.05) is 17.9 Å². The second kappa shape index (κ2) is 4.43. The molecule has 0 unspecified atom stereocenters. The second-order valence-electron chi connectivity index (χ2n) is 4.14. The molecule has 0 atom stereocenters. The fraction of sp³-hybridized carbons (Fsp3) is 0.500. The summed E-state index contributed by atoms with van der Waals surface area (Å²) in [5.74, 6) is 0.00870. The highest BCUT2D eigenvalue weighted by Crippen LogP contribution is 2.18. The predicted octanol–water partition coefficient (Wildman–Crippen LogP) is 2.06. The van der Waals surface area contributed by atoms with Gasteiger partial charge < -0.3 is 5.32 Å². The Labute approximate surface area is 89.9 Å². The highest BCUT2D eigenvalue weighted by Gasteiger charge is 2.17. The standard InChI is InChI=1S/C12H16N2O/c1-9-6-7-10(8-13-9)12(15)14-11-4-2-3-5-11/h6-8,11H,2-5H2,1H3,(H,14,15). The van der Waals surface area contributed by atoms with Crippen LogP contribution in [-0.2, 0) is 0 Å². The summed E-state index contributed by atoms with van der Waals surface area (Å²) >= 11 is 0. The maximum Gasteiger partial charge on any atom is 0.253 e. The summed E-state index contributed by atoms with van der Waals surface area (Å²) in [6.07, 6.45) is 6.34. The molecule has 1 aliphatic carbocycles. The Morgan fingerprint density at radius 1 is 1.40 bits per heavy atom. The number of aryl methyl sites for hydroxylation is 1. The lowest BCUT2D eigenvalue weighted by atomic mass is 10.2. The monoisotopic (exact) mass is 204 g/mol. The summed E-state index contributed by atoms with van der Waals surface area (Å²) in [4.78, 5) is 15.9. The lowest BCUT2D eigenvalue weighted by Crippen LogP contribution is -2.32. The Hall–Kier alpha value is -1.38. The van der Waals surface area contributed by atoms with E-state index in [0.717, 1.165) is 18.5 Å². The zero-order chi connectivity index (χ0) is 10.7. The van der Waals surface area contributed by atoms with Gasteiger partial charge in [-0.25, -0.2) is 0 Å². The van der Waals surface area contributed by atoms with Crippen molar-refractivity contribution in [2.45, 2.75) is 38.6 Å². The molecule has 2 rings (SSSR count). The molecule has 1 amide bonds. The first-order chi connectivity index (χ1) is 7.25. The van der Waals surface area contributed by atoms with Gasteiger partial charge in [0.05, 0.1) is 5.56 Å². The van der Waals surface area contributed by atoms with Crippen LogP contribution in [0.15, 0.2) is 18.3 Å². The SMILES string of the molecule is Cc1ccc(C(=O)NC2CCCC2)cn1. The van der Waals surface area contributed by atoms with Crippen molar-refractivity contribution in [1.29, 1.82) is 0 Å². The summed E-state index contributed by atoms with van der Waals surface area (Å²) in [5, 5.41) is 3.04. The van der Waals surface area contributed by atoms with Crippen molar-refractivity contribution in [1.82, 2.24) is 10.3 Å². The van der Waals surface area contributed by atoms with Crippen molar-refractivity contribution in [2.75, 3.05) is 0 Å². The number of hydrogen-bond donors (Lipinski definition) is 1. The van der Waals surface area contributed by atoms with Crippen LogP contribution in [-0.4, -0.2) is 16.9 Å². The molecule has 1 aromatic rings. The highest BCUT2D eigenvalue weighted by molar-refractivity contribution is 5.94. The number of pyridine rings is 1. The molecule has 1 heterocycles. The number of carbonyl (C=O) groups excluding carboxylic acids is 1. The minimum absolute atomic E-state index is 0.00870. The van der Waals surface area contributed by atoms with E-state index in [1.54, 1.807) is 6.20 Å². The molecule has 0 bridgehead atoms. The van der Waals surface area contributed by atoms with Crippen LogP contribution in [0.2, 0.25) is 0 Å². The number of amides is 1. The van der Waals surface area contributed by atoms with Crippen molar-refractivity contribution in [3.05, 3.63) is 29.6 Å². The van der Waals surface area contributed by atoms with Crippen LogP contribution in [0.25, 0.3) is 0 Å². The van der Waals surface area contributed by atoms with Crippen LogP contribution in [0.4, 0.5) is 0 Å². The second-order valence-corrected chi connectivity index (χ2v) is 4.14. The van der Waals surface area contributed by atoms with Gasteiger partial charge in [-0.05, 0) is 31.9 Å². The first kappa shape index (κ1) is 10.1. The minimum atomic E-state index is 0.00870. The van der Waals surface area contributed by atoms with Crippen LogP contribution in [0, 0.1) is 6.92 Å². The topological polar surface area (TPSA) is 42.0 Å². The number of nitrogens with one attached hydrogen (secondary N) is 1. The van der Waals surface area contributed by atoms with E-state index < -0.39 is 0 Å². The fourth-order valence-electron chi connectivity index (χ4n) is 1.94. The lowest BCUT2D eigenvalue weighted by Gasteiger charge is -2.11. The summed E-state index contributed by atoms with van der Waals surface area (Å²) in [6, 6.07) is 4.06. The Morgan fingerprint density at radius 3 is 2.73 bits per heavy atom. The Balaban J connectivity index is 1.98. The molecule has 1 N–H and O–H groups in total. The molecule has 15 heavy (non-hydrogen) atoms. The molecule has 0 aromatic carbocycles. The van der Waals surface area contributed by atoms with E-state index in [4.69, 9.17) is 0 Å². The van der Waals surface area contributed by atoms with Crippen molar-refractivity contribution in [2.24, 2.45) is 0 Å². The molecule has 0 aliphatic heterocycles. The Morgan fingerprint density at radius 2 is 2.13 bits per heavy atom. The van der Waals surface area contributed by atoms with Crippen LogP contribution in [0.1, 0.15) is 41.7 Å². The Kier molecular flexibility index (Phi) is 2.99. The van der Waals surface area contributed by atoms with Crippen molar-refractivity contribution in [3.8, 4) is 0 Å². The lowest BCUT2D eigenvalue weighted by molar-refractivity contribution is 0.0937. The van der Waals surface area contributed by atoms with E-state index >= 15 is 0 Å². The van der Waals surface area contributed by atoms with E-state index in [1.165, 1.54) is 12.8 Å². The zero-order valence-electron chi connectivity index (χ0n) is 8.99. The normalized spacial score (nSPS) is 16.6. The number of rotatable bonds is 2. The van der Waals surface area contributed by atoms with Gasteiger partial charge in [0.1, 0.15) is 0 Å². The number of carbonyl (C=O) groups is 1. The van der Waals surface area contributed by atoms with E-state index in [2.05, 4.69) is 10.3 Å². The molecule has 0 radical (unpaired) electrons. The predicted molar refractivity (Wildman–Crippen MR) is 58.7 cm³/mol. The van der Waals surface area contributed by atoms with Crippen molar-refractivity contribution >= 4 is 5.91 Å². The van der Waals surface area contributed by atoms with E-state index in [0.29, 0.717) is 11.6 Å². The van der Waals surface area contributed by atoms with Crippen LogP contribution < -0.4 is 5.32 Å². The third kappa shape index (κ3) is 2.55. The van der Waals surface area contributed by atoms with Crippen LogP contribution >= 0.6 is 0 Å². The van der Waals surface area contributed by atoms with Crippen molar-refractivity contribution < 1.29 is 4.79 Å². The summed E-state index contributed by atoms with van der Waals surface area (Å²) in [5.41, 5.74) is 1.60. The van der Waals surface area contributed by atoms with Gasteiger partial charge in [0.2, 0.25) is 0 Å². The zero-order valence-corrected chi connectivity index (χ0v) is 8.99. The third-order valence-corrected chi connectivity index (χ3v) is 2.86. The molecule has 3 nitrogen and oxygen atoms in total. The summed E-state index contributed by atoms with van der Waals surface area (Å²) in [6.45, 7) is 1.92. The van der Waals surface area contributed by atoms with Gasteiger partial charge in [-0.1, -0.05) is 12.8 Å². The number of hydrogen-bond acceptors (Lipinski definition) is 2. The molecular weight excluding hydrogens is 188 g/mol. The number of aromatic nitrogens is 1. The van der Waals surface area contributed by atoms with Crippen LogP contribution in [0.3, 0.4) is 0 Å². The largest absolute Gasteiger partial charge is 0.349 e. The summed E-state index contributed by atoms with van der Waals surface area (Å²) in [7, 11) is 0. The molecule has 1 aromatic heterocycles. The smallest absolute Gasteiger partial charge is 0.253 e. The molecule has 80 valence electrons. The van der Waals surface area contributed by atoms with E-state index in [9.17, 15) is 4.79 Å². The van der Waals surface area contributed by atoms with Crippen molar-refractivity contribution in [3.63, 3.8) is 0 Å². The van der Waals surface area contributed by atoms with Gasteiger partial charge >= 0.3 is 0 Å².